The van der Waals surface area contributed by atoms with Crippen LogP contribution in [0.5, 0.6) is 0 Å². The van der Waals surface area contributed by atoms with Gasteiger partial charge in [-0.05, 0) is 43.9 Å². The minimum Gasteiger partial charge on any atom is -0.352 e. The van der Waals surface area contributed by atoms with Gasteiger partial charge in [0.15, 0.2) is 0 Å². The van der Waals surface area contributed by atoms with Crippen molar-refractivity contribution < 1.29 is 4.79 Å². The molecule has 1 aromatic carbocycles. The van der Waals surface area contributed by atoms with E-state index in [1.165, 1.54) is 0 Å². The zero-order valence-electron chi connectivity index (χ0n) is 14.2. The molecule has 0 radical (unpaired) electrons. The van der Waals surface area contributed by atoms with Crippen LogP contribution in [0.4, 0.5) is 11.6 Å². The molecule has 0 saturated heterocycles. The normalized spacial score (nSPS) is 10.7. The largest absolute Gasteiger partial charge is 0.352 e. The number of amides is 1. The van der Waals surface area contributed by atoms with Gasteiger partial charge in [0, 0.05) is 17.9 Å². The predicted octanol–water partition coefficient (Wildman–Crippen LogP) is 3.67. The standard InChI is InChI=1S/C18H24N4O/c1-5-13-8-7-9-14(6-2)16(13)22-17(23)15-10-11-19-18(21-15)20-12(3)4/h7-12H,5-6H2,1-4H3,(H,22,23)(H,19,20,21). The van der Waals surface area contributed by atoms with Crippen LogP contribution in [0.1, 0.15) is 49.3 Å². The SMILES string of the molecule is CCc1cccc(CC)c1NC(=O)c1ccnc(NC(C)C)n1. The third-order valence-electron chi connectivity index (χ3n) is 3.54. The lowest BCUT2D eigenvalue weighted by Gasteiger charge is -2.14. The molecule has 0 aliphatic heterocycles. The van der Waals surface area contributed by atoms with Gasteiger partial charge in [-0.25, -0.2) is 9.97 Å². The van der Waals surface area contributed by atoms with E-state index in [9.17, 15) is 4.79 Å². The van der Waals surface area contributed by atoms with Crippen molar-refractivity contribution in [3.05, 3.63) is 47.3 Å². The number of hydrogen-bond acceptors (Lipinski definition) is 4. The molecule has 0 aliphatic carbocycles. The molecule has 2 rings (SSSR count). The van der Waals surface area contributed by atoms with Crippen LogP contribution in [0.25, 0.3) is 0 Å². The Bertz CT molecular complexity index is 660. The molecule has 1 heterocycles. The molecule has 0 atom stereocenters. The molecule has 5 heteroatoms. The topological polar surface area (TPSA) is 66.9 Å². The third kappa shape index (κ3) is 4.28. The van der Waals surface area contributed by atoms with E-state index < -0.39 is 0 Å². The van der Waals surface area contributed by atoms with E-state index in [0.717, 1.165) is 29.7 Å². The Kier molecular flexibility index (Phi) is 5.68. The molecule has 23 heavy (non-hydrogen) atoms. The summed E-state index contributed by atoms with van der Waals surface area (Å²) in [5.41, 5.74) is 3.52. The number of aromatic nitrogens is 2. The number of benzene rings is 1. The van der Waals surface area contributed by atoms with Crippen molar-refractivity contribution in [1.29, 1.82) is 0 Å². The molecule has 1 amide bonds. The molecule has 122 valence electrons. The quantitative estimate of drug-likeness (QED) is 0.854. The van der Waals surface area contributed by atoms with Crippen molar-refractivity contribution >= 4 is 17.5 Å². The number of anilines is 2. The lowest BCUT2D eigenvalue weighted by atomic mass is 10.0. The number of nitrogens with one attached hydrogen (secondary N) is 2. The molecular formula is C18H24N4O. The highest BCUT2D eigenvalue weighted by Gasteiger charge is 2.13. The number of aryl methyl sites for hydroxylation is 2. The number of carbonyl (C=O) groups excluding carboxylic acids is 1. The number of para-hydroxylation sites is 1. The Labute approximate surface area is 137 Å². The molecule has 0 saturated carbocycles. The molecule has 5 nitrogen and oxygen atoms in total. The molecular weight excluding hydrogens is 288 g/mol. The zero-order valence-corrected chi connectivity index (χ0v) is 14.2. The summed E-state index contributed by atoms with van der Waals surface area (Å²) in [7, 11) is 0. The minimum atomic E-state index is -0.213. The van der Waals surface area contributed by atoms with Gasteiger partial charge in [0.25, 0.3) is 5.91 Å². The average Bonchev–Trinajstić information content (AvgIpc) is 2.54. The van der Waals surface area contributed by atoms with Crippen molar-refractivity contribution in [2.75, 3.05) is 10.6 Å². The van der Waals surface area contributed by atoms with Crippen LogP contribution in [-0.2, 0) is 12.8 Å². The molecule has 0 spiro atoms. The van der Waals surface area contributed by atoms with Crippen molar-refractivity contribution in [3.63, 3.8) is 0 Å². The highest BCUT2D eigenvalue weighted by molar-refractivity contribution is 6.03. The van der Waals surface area contributed by atoms with Gasteiger partial charge in [0.05, 0.1) is 0 Å². The van der Waals surface area contributed by atoms with E-state index in [1.807, 2.05) is 32.0 Å². The van der Waals surface area contributed by atoms with Gasteiger partial charge in [-0.1, -0.05) is 32.0 Å². The number of nitrogens with zero attached hydrogens (tertiary/aromatic N) is 2. The molecule has 0 unspecified atom stereocenters. The van der Waals surface area contributed by atoms with Crippen LogP contribution in [0, 0.1) is 0 Å². The maximum absolute atomic E-state index is 12.6. The van der Waals surface area contributed by atoms with Crippen molar-refractivity contribution in [2.24, 2.45) is 0 Å². The molecule has 2 aromatic rings. The van der Waals surface area contributed by atoms with Gasteiger partial charge in [0.2, 0.25) is 5.95 Å². The fraction of sp³-hybridized carbons (Fsp3) is 0.389. The lowest BCUT2D eigenvalue weighted by Crippen LogP contribution is -2.19. The summed E-state index contributed by atoms with van der Waals surface area (Å²) in [5, 5.41) is 6.13. The Morgan fingerprint density at radius 2 is 1.78 bits per heavy atom. The van der Waals surface area contributed by atoms with Gasteiger partial charge in [-0.2, -0.15) is 0 Å². The first-order valence-electron chi connectivity index (χ1n) is 8.06. The smallest absolute Gasteiger partial charge is 0.274 e. The van der Waals surface area contributed by atoms with Gasteiger partial charge < -0.3 is 10.6 Å². The van der Waals surface area contributed by atoms with Gasteiger partial charge >= 0.3 is 0 Å². The maximum Gasteiger partial charge on any atom is 0.274 e. The first-order chi connectivity index (χ1) is 11.0. The van der Waals surface area contributed by atoms with E-state index in [2.05, 4.69) is 34.4 Å². The first kappa shape index (κ1) is 16.9. The molecule has 0 aliphatic rings. The van der Waals surface area contributed by atoms with E-state index in [0.29, 0.717) is 11.6 Å². The fourth-order valence-corrected chi connectivity index (χ4v) is 2.39. The van der Waals surface area contributed by atoms with Crippen molar-refractivity contribution in [2.45, 2.75) is 46.6 Å². The van der Waals surface area contributed by atoms with Crippen molar-refractivity contribution in [1.82, 2.24) is 9.97 Å². The summed E-state index contributed by atoms with van der Waals surface area (Å²) >= 11 is 0. The number of hydrogen-bond donors (Lipinski definition) is 2. The first-order valence-corrected chi connectivity index (χ1v) is 8.06. The summed E-state index contributed by atoms with van der Waals surface area (Å²) in [6.07, 6.45) is 3.33. The lowest BCUT2D eigenvalue weighted by molar-refractivity contribution is 0.102. The number of carbonyl (C=O) groups is 1. The second kappa shape index (κ2) is 7.72. The second-order valence-electron chi connectivity index (χ2n) is 5.68. The number of rotatable bonds is 6. The average molecular weight is 312 g/mol. The van der Waals surface area contributed by atoms with E-state index in [-0.39, 0.29) is 11.9 Å². The van der Waals surface area contributed by atoms with Gasteiger partial charge in [-0.3, -0.25) is 4.79 Å². The van der Waals surface area contributed by atoms with Gasteiger partial charge in [0.1, 0.15) is 5.69 Å². The second-order valence-corrected chi connectivity index (χ2v) is 5.68. The molecule has 2 N–H and O–H groups in total. The maximum atomic E-state index is 12.6. The van der Waals surface area contributed by atoms with Crippen LogP contribution < -0.4 is 10.6 Å². The summed E-state index contributed by atoms with van der Waals surface area (Å²) in [5.74, 6) is 0.252. The van der Waals surface area contributed by atoms with Gasteiger partial charge in [-0.15, -0.1) is 0 Å². The molecule has 0 bridgehead atoms. The Hall–Kier alpha value is -2.43. The van der Waals surface area contributed by atoms with Crippen LogP contribution in [0.3, 0.4) is 0 Å². The Morgan fingerprint density at radius 3 is 2.35 bits per heavy atom. The highest BCUT2D eigenvalue weighted by atomic mass is 16.1. The predicted molar refractivity (Wildman–Crippen MR) is 93.9 cm³/mol. The fourth-order valence-electron chi connectivity index (χ4n) is 2.39. The van der Waals surface area contributed by atoms with Crippen LogP contribution in [0.15, 0.2) is 30.5 Å². The highest BCUT2D eigenvalue weighted by Crippen LogP contribution is 2.23. The van der Waals surface area contributed by atoms with E-state index in [1.54, 1.807) is 12.3 Å². The minimum absolute atomic E-state index is 0.209. The van der Waals surface area contributed by atoms with E-state index in [4.69, 9.17) is 0 Å². The van der Waals surface area contributed by atoms with Crippen LogP contribution >= 0.6 is 0 Å². The van der Waals surface area contributed by atoms with E-state index >= 15 is 0 Å². The van der Waals surface area contributed by atoms with Crippen LogP contribution in [-0.4, -0.2) is 21.9 Å². The zero-order chi connectivity index (χ0) is 16.8. The monoisotopic (exact) mass is 312 g/mol. The Morgan fingerprint density at radius 1 is 1.13 bits per heavy atom. The Balaban J connectivity index is 2.26. The summed E-state index contributed by atoms with van der Waals surface area (Å²) in [6, 6.07) is 7.95. The van der Waals surface area contributed by atoms with Crippen molar-refractivity contribution in [3.8, 4) is 0 Å². The summed E-state index contributed by atoms with van der Waals surface area (Å²) in [6.45, 7) is 8.17. The molecule has 1 aromatic heterocycles. The molecule has 0 fully saturated rings. The summed E-state index contributed by atoms with van der Waals surface area (Å²) < 4.78 is 0. The third-order valence-corrected chi connectivity index (χ3v) is 3.54. The van der Waals surface area contributed by atoms with Crippen LogP contribution in [0.2, 0.25) is 0 Å². The summed E-state index contributed by atoms with van der Waals surface area (Å²) in [4.78, 5) is 21.0.